The fourth-order valence-corrected chi connectivity index (χ4v) is 2.49. The van der Waals surface area contributed by atoms with Crippen molar-refractivity contribution >= 4 is 5.97 Å². The number of rotatable bonds is 6. The number of carboxylic acids is 1. The molecule has 3 rings (SSSR count). The van der Waals surface area contributed by atoms with E-state index >= 15 is 0 Å². The van der Waals surface area contributed by atoms with Gasteiger partial charge >= 0.3 is 5.97 Å². The summed E-state index contributed by atoms with van der Waals surface area (Å²) in [6, 6.07) is 17.2. The molecule has 0 unspecified atom stereocenters. The number of ether oxygens (including phenoxy) is 1. The average molecular weight is 323 g/mol. The highest BCUT2D eigenvalue weighted by Gasteiger charge is 2.19. The number of aryl methyl sites for hydroxylation is 1. The number of carboxylic acid groups (broad SMARTS) is 1. The molecule has 0 bridgehead atoms. The molecular weight excluding hydrogens is 306 g/mol. The summed E-state index contributed by atoms with van der Waals surface area (Å²) in [5, 5.41) is 8.88. The van der Waals surface area contributed by atoms with E-state index in [0.717, 1.165) is 11.1 Å². The first-order chi connectivity index (χ1) is 11.7. The van der Waals surface area contributed by atoms with Crippen LogP contribution in [0.4, 0.5) is 0 Å². The highest BCUT2D eigenvalue weighted by Crippen LogP contribution is 2.37. The van der Waals surface area contributed by atoms with Gasteiger partial charge in [-0.05, 0) is 12.1 Å². The smallest absolute Gasteiger partial charge is 0.303 e. The number of benzene rings is 2. The van der Waals surface area contributed by atoms with Gasteiger partial charge in [-0.25, -0.2) is 4.98 Å². The maximum Gasteiger partial charge on any atom is 0.303 e. The highest BCUT2D eigenvalue weighted by molar-refractivity contribution is 5.80. The minimum Gasteiger partial charge on any atom is -0.496 e. The fourth-order valence-electron chi connectivity index (χ4n) is 2.49. The van der Waals surface area contributed by atoms with Crippen molar-refractivity contribution in [1.82, 2.24) is 4.98 Å². The maximum absolute atomic E-state index is 10.8. The molecule has 5 nitrogen and oxygen atoms in total. The molecular formula is C19H17NO4. The first kappa shape index (κ1) is 15.8. The molecule has 0 amide bonds. The van der Waals surface area contributed by atoms with Crippen LogP contribution < -0.4 is 4.74 Å². The second-order valence-electron chi connectivity index (χ2n) is 5.25. The van der Waals surface area contributed by atoms with Crippen molar-refractivity contribution in [2.75, 3.05) is 7.11 Å². The Morgan fingerprint density at radius 3 is 2.54 bits per heavy atom. The van der Waals surface area contributed by atoms with Crippen LogP contribution in [-0.4, -0.2) is 23.2 Å². The number of nitrogens with zero attached hydrogens (tertiary/aromatic N) is 1. The van der Waals surface area contributed by atoms with E-state index in [-0.39, 0.29) is 12.8 Å². The molecule has 0 aliphatic rings. The van der Waals surface area contributed by atoms with Crippen LogP contribution in [0.25, 0.3) is 22.6 Å². The Morgan fingerprint density at radius 1 is 1.12 bits per heavy atom. The van der Waals surface area contributed by atoms with Crippen LogP contribution in [-0.2, 0) is 11.2 Å². The number of hydrogen-bond donors (Lipinski definition) is 1. The summed E-state index contributed by atoms with van der Waals surface area (Å²) in [4.78, 5) is 15.3. The first-order valence-electron chi connectivity index (χ1n) is 7.59. The van der Waals surface area contributed by atoms with Crippen molar-refractivity contribution in [3.63, 3.8) is 0 Å². The van der Waals surface area contributed by atoms with Gasteiger partial charge in [0.05, 0.1) is 19.1 Å². The number of methoxy groups -OCH3 is 1. The summed E-state index contributed by atoms with van der Waals surface area (Å²) in [6.45, 7) is 0. The SMILES string of the molecule is COc1ccccc1-c1oc(CCC(=O)O)nc1-c1ccccc1. The van der Waals surface area contributed by atoms with Gasteiger partial charge in [-0.2, -0.15) is 0 Å². The van der Waals surface area contributed by atoms with Crippen molar-refractivity contribution in [3.05, 3.63) is 60.5 Å². The van der Waals surface area contributed by atoms with Crippen LogP contribution in [0, 0.1) is 0 Å². The van der Waals surface area contributed by atoms with E-state index in [0.29, 0.717) is 23.1 Å². The molecule has 0 aliphatic carbocycles. The van der Waals surface area contributed by atoms with Crippen molar-refractivity contribution in [3.8, 4) is 28.3 Å². The van der Waals surface area contributed by atoms with Gasteiger partial charge in [-0.15, -0.1) is 0 Å². The van der Waals surface area contributed by atoms with Crippen LogP contribution in [0.3, 0.4) is 0 Å². The monoisotopic (exact) mass is 323 g/mol. The van der Waals surface area contributed by atoms with Crippen LogP contribution >= 0.6 is 0 Å². The largest absolute Gasteiger partial charge is 0.496 e. The van der Waals surface area contributed by atoms with Crippen LogP contribution in [0.1, 0.15) is 12.3 Å². The van der Waals surface area contributed by atoms with Crippen LogP contribution in [0.5, 0.6) is 5.75 Å². The number of carbonyl (C=O) groups is 1. The van der Waals surface area contributed by atoms with Gasteiger partial charge in [-0.1, -0.05) is 42.5 Å². The van der Waals surface area contributed by atoms with Crippen molar-refractivity contribution in [1.29, 1.82) is 0 Å². The third-order valence-corrected chi connectivity index (χ3v) is 3.62. The molecule has 1 N–H and O–H groups in total. The van der Waals surface area contributed by atoms with Gasteiger partial charge in [-0.3, -0.25) is 4.79 Å². The summed E-state index contributed by atoms with van der Waals surface area (Å²) >= 11 is 0. The Hall–Kier alpha value is -3.08. The number of aromatic nitrogens is 1. The van der Waals surface area contributed by atoms with E-state index in [1.54, 1.807) is 7.11 Å². The molecule has 3 aromatic rings. The number of para-hydroxylation sites is 1. The standard InChI is InChI=1S/C19H17NO4/c1-23-15-10-6-5-9-14(15)19-18(13-7-3-2-4-8-13)20-16(24-19)11-12-17(21)22/h2-10H,11-12H2,1H3,(H,21,22). The lowest BCUT2D eigenvalue weighted by atomic mass is 10.1. The van der Waals surface area contributed by atoms with Crippen molar-refractivity contribution in [2.24, 2.45) is 0 Å². The highest BCUT2D eigenvalue weighted by atomic mass is 16.5. The van der Waals surface area contributed by atoms with Gasteiger partial charge < -0.3 is 14.3 Å². The Labute approximate surface area is 139 Å². The summed E-state index contributed by atoms with van der Waals surface area (Å²) in [6.07, 6.45) is 0.213. The third-order valence-electron chi connectivity index (χ3n) is 3.62. The normalized spacial score (nSPS) is 10.5. The van der Waals surface area contributed by atoms with Gasteiger partial charge in [0.15, 0.2) is 11.7 Å². The second kappa shape index (κ2) is 7.00. The zero-order valence-electron chi connectivity index (χ0n) is 13.2. The molecule has 1 heterocycles. The lowest BCUT2D eigenvalue weighted by Crippen LogP contribution is -1.97. The molecule has 0 saturated carbocycles. The fraction of sp³-hybridized carbons (Fsp3) is 0.158. The van der Waals surface area contributed by atoms with Gasteiger partial charge in [0.2, 0.25) is 0 Å². The summed E-state index contributed by atoms with van der Waals surface area (Å²) in [7, 11) is 1.60. The van der Waals surface area contributed by atoms with E-state index < -0.39 is 5.97 Å². The maximum atomic E-state index is 10.8. The summed E-state index contributed by atoms with van der Waals surface area (Å²) in [5.41, 5.74) is 2.37. The van der Waals surface area contributed by atoms with E-state index in [4.69, 9.17) is 14.3 Å². The Kier molecular flexibility index (Phi) is 4.61. The number of aliphatic carboxylic acids is 1. The Morgan fingerprint density at radius 2 is 1.83 bits per heavy atom. The minimum atomic E-state index is -0.881. The van der Waals surface area contributed by atoms with E-state index in [1.807, 2.05) is 54.6 Å². The number of oxazole rings is 1. The topological polar surface area (TPSA) is 72.6 Å². The summed E-state index contributed by atoms with van der Waals surface area (Å²) < 4.78 is 11.3. The Bertz CT molecular complexity index is 840. The molecule has 0 aliphatic heterocycles. The molecule has 122 valence electrons. The molecule has 1 aromatic heterocycles. The lowest BCUT2D eigenvalue weighted by molar-refractivity contribution is -0.137. The molecule has 5 heteroatoms. The van der Waals surface area contributed by atoms with Gasteiger partial charge in [0, 0.05) is 12.0 Å². The van der Waals surface area contributed by atoms with Crippen LogP contribution in [0.2, 0.25) is 0 Å². The predicted octanol–water partition coefficient (Wildman–Crippen LogP) is 4.03. The average Bonchev–Trinajstić information content (AvgIpc) is 3.05. The van der Waals surface area contributed by atoms with Crippen molar-refractivity contribution in [2.45, 2.75) is 12.8 Å². The van der Waals surface area contributed by atoms with Crippen LogP contribution in [0.15, 0.2) is 59.0 Å². The zero-order valence-corrected chi connectivity index (χ0v) is 13.2. The quantitative estimate of drug-likeness (QED) is 0.741. The molecule has 2 aromatic carbocycles. The van der Waals surface area contributed by atoms with Gasteiger partial charge in [0.25, 0.3) is 0 Å². The number of hydrogen-bond acceptors (Lipinski definition) is 4. The molecule has 0 spiro atoms. The molecule has 24 heavy (non-hydrogen) atoms. The predicted molar refractivity (Wildman–Crippen MR) is 89.9 cm³/mol. The molecule has 0 radical (unpaired) electrons. The van der Waals surface area contributed by atoms with E-state index in [2.05, 4.69) is 4.98 Å². The molecule has 0 fully saturated rings. The Balaban J connectivity index is 2.10. The molecule has 0 saturated heterocycles. The van der Waals surface area contributed by atoms with Crippen molar-refractivity contribution < 1.29 is 19.1 Å². The third kappa shape index (κ3) is 3.30. The lowest BCUT2D eigenvalue weighted by Gasteiger charge is -2.07. The summed E-state index contributed by atoms with van der Waals surface area (Å²) in [5.74, 6) is 0.778. The minimum absolute atomic E-state index is 0.0277. The zero-order chi connectivity index (χ0) is 16.9. The first-order valence-corrected chi connectivity index (χ1v) is 7.59. The van der Waals surface area contributed by atoms with Gasteiger partial charge in [0.1, 0.15) is 11.4 Å². The second-order valence-corrected chi connectivity index (χ2v) is 5.25. The molecule has 0 atom stereocenters. The van der Waals surface area contributed by atoms with E-state index in [1.165, 1.54) is 0 Å². The van der Waals surface area contributed by atoms with E-state index in [9.17, 15) is 4.79 Å².